The van der Waals surface area contributed by atoms with Crippen molar-refractivity contribution in [3.8, 4) is 18.2 Å². The van der Waals surface area contributed by atoms with Crippen LogP contribution >= 0.6 is 0 Å². The molecule has 25 heavy (non-hydrogen) atoms. The van der Waals surface area contributed by atoms with E-state index in [9.17, 15) is 4.79 Å². The Labute approximate surface area is 145 Å². The molecule has 6 heteroatoms. The summed E-state index contributed by atoms with van der Waals surface area (Å²) in [6.45, 7) is 1.90. The van der Waals surface area contributed by atoms with Gasteiger partial charge in [0.1, 0.15) is 23.9 Å². The van der Waals surface area contributed by atoms with E-state index in [0.717, 1.165) is 11.3 Å². The van der Waals surface area contributed by atoms with Gasteiger partial charge in [-0.15, -0.1) is 0 Å². The van der Waals surface area contributed by atoms with Crippen molar-refractivity contribution in [2.75, 3.05) is 10.6 Å². The van der Waals surface area contributed by atoms with Crippen LogP contribution in [-0.4, -0.2) is 5.91 Å². The zero-order valence-electron chi connectivity index (χ0n) is 13.4. The Bertz CT molecular complexity index is 937. The zero-order valence-corrected chi connectivity index (χ0v) is 13.4. The smallest absolute Gasteiger partial charge is 0.255 e. The highest BCUT2D eigenvalue weighted by Crippen LogP contribution is 2.17. The molecule has 1 amide bonds. The number of anilines is 2. The Morgan fingerprint density at radius 2 is 1.52 bits per heavy atom. The van der Waals surface area contributed by atoms with E-state index in [4.69, 9.17) is 15.8 Å². The molecule has 2 N–H and O–H groups in total. The van der Waals surface area contributed by atoms with E-state index in [0.29, 0.717) is 11.3 Å². The predicted octanol–water partition coefficient (Wildman–Crippen LogP) is 3.48. The minimum absolute atomic E-state index is 0.137. The molecule has 0 atom stereocenters. The second-order valence-electron chi connectivity index (χ2n) is 5.06. The van der Waals surface area contributed by atoms with Crippen molar-refractivity contribution in [1.29, 1.82) is 15.8 Å². The lowest BCUT2D eigenvalue weighted by atomic mass is 10.1. The SMILES string of the molecule is Cc1ccccc1NC(=O)c1ccc(NC(C#N)=C(C#N)C#N)cc1. The van der Waals surface area contributed by atoms with Gasteiger partial charge in [0.25, 0.3) is 5.91 Å². The molecule has 0 radical (unpaired) electrons. The largest absolute Gasteiger partial charge is 0.345 e. The van der Waals surface area contributed by atoms with Crippen molar-refractivity contribution in [1.82, 2.24) is 0 Å². The van der Waals surface area contributed by atoms with Crippen LogP contribution in [0.25, 0.3) is 0 Å². The molecule has 0 saturated heterocycles. The quantitative estimate of drug-likeness (QED) is 0.835. The molecule has 0 heterocycles. The lowest BCUT2D eigenvalue weighted by molar-refractivity contribution is 0.102. The number of nitrogens with one attached hydrogen (secondary N) is 2. The number of nitrogens with zero attached hydrogens (tertiary/aromatic N) is 3. The van der Waals surface area contributed by atoms with E-state index >= 15 is 0 Å². The fraction of sp³-hybridized carbons (Fsp3) is 0.0526. The third-order valence-corrected chi connectivity index (χ3v) is 3.40. The monoisotopic (exact) mass is 327 g/mol. The van der Waals surface area contributed by atoms with Crippen molar-refractivity contribution in [2.45, 2.75) is 6.92 Å². The van der Waals surface area contributed by atoms with E-state index < -0.39 is 0 Å². The van der Waals surface area contributed by atoms with Crippen molar-refractivity contribution >= 4 is 17.3 Å². The van der Waals surface area contributed by atoms with Gasteiger partial charge in [-0.25, -0.2) is 0 Å². The molecule has 0 saturated carbocycles. The minimum atomic E-state index is -0.302. The van der Waals surface area contributed by atoms with Gasteiger partial charge in [0, 0.05) is 16.9 Å². The summed E-state index contributed by atoms with van der Waals surface area (Å²) < 4.78 is 0. The molecule has 2 aromatic rings. The van der Waals surface area contributed by atoms with Gasteiger partial charge in [-0.3, -0.25) is 4.79 Å². The third-order valence-electron chi connectivity index (χ3n) is 3.40. The average molecular weight is 327 g/mol. The lowest BCUT2D eigenvalue weighted by Crippen LogP contribution is -2.12. The minimum Gasteiger partial charge on any atom is -0.345 e. The molecular weight excluding hydrogens is 314 g/mol. The highest BCUT2D eigenvalue weighted by molar-refractivity contribution is 6.04. The number of benzene rings is 2. The molecular formula is C19H13N5O. The van der Waals surface area contributed by atoms with Gasteiger partial charge >= 0.3 is 0 Å². The molecule has 0 aliphatic heterocycles. The first-order chi connectivity index (χ1) is 12.1. The Kier molecular flexibility index (Phi) is 5.50. The molecule has 2 aromatic carbocycles. The van der Waals surface area contributed by atoms with Crippen LogP contribution in [0.15, 0.2) is 59.8 Å². The summed E-state index contributed by atoms with van der Waals surface area (Å²) in [6.07, 6.45) is 0. The molecule has 0 aliphatic carbocycles. The van der Waals surface area contributed by atoms with Gasteiger partial charge in [0.05, 0.1) is 0 Å². The summed E-state index contributed by atoms with van der Waals surface area (Å²) in [5, 5.41) is 32.2. The normalized spacial score (nSPS) is 9.04. The summed E-state index contributed by atoms with van der Waals surface area (Å²) in [5.74, 6) is -0.258. The van der Waals surface area contributed by atoms with E-state index in [1.54, 1.807) is 42.5 Å². The number of carbonyl (C=O) groups is 1. The Balaban J connectivity index is 2.15. The Morgan fingerprint density at radius 1 is 0.880 bits per heavy atom. The number of para-hydroxylation sites is 1. The summed E-state index contributed by atoms with van der Waals surface area (Å²) in [6, 6.07) is 18.9. The highest BCUT2D eigenvalue weighted by Gasteiger charge is 2.09. The Morgan fingerprint density at radius 3 is 2.08 bits per heavy atom. The number of amides is 1. The van der Waals surface area contributed by atoms with Crippen molar-refractivity contribution in [3.63, 3.8) is 0 Å². The molecule has 2 rings (SSSR count). The van der Waals surface area contributed by atoms with Gasteiger partial charge in [0.15, 0.2) is 5.57 Å². The van der Waals surface area contributed by atoms with Crippen LogP contribution in [0.4, 0.5) is 11.4 Å². The van der Waals surface area contributed by atoms with Gasteiger partial charge in [-0.2, -0.15) is 15.8 Å². The van der Waals surface area contributed by atoms with Crippen LogP contribution in [0, 0.1) is 40.9 Å². The second-order valence-corrected chi connectivity index (χ2v) is 5.06. The summed E-state index contributed by atoms with van der Waals surface area (Å²) in [7, 11) is 0. The van der Waals surface area contributed by atoms with Gasteiger partial charge in [0.2, 0.25) is 0 Å². The first kappa shape index (κ1) is 17.3. The maximum atomic E-state index is 12.3. The number of carbonyl (C=O) groups excluding carboxylic acids is 1. The van der Waals surface area contributed by atoms with Crippen LogP contribution in [-0.2, 0) is 0 Å². The first-order valence-corrected chi connectivity index (χ1v) is 7.27. The fourth-order valence-corrected chi connectivity index (χ4v) is 2.04. The number of rotatable bonds is 4. The van der Waals surface area contributed by atoms with Crippen molar-refractivity contribution in [2.24, 2.45) is 0 Å². The zero-order chi connectivity index (χ0) is 18.2. The number of hydrogen-bond acceptors (Lipinski definition) is 5. The maximum absolute atomic E-state index is 12.3. The molecule has 0 fully saturated rings. The van der Waals surface area contributed by atoms with Crippen molar-refractivity contribution < 1.29 is 4.79 Å². The van der Waals surface area contributed by atoms with Crippen LogP contribution in [0.1, 0.15) is 15.9 Å². The summed E-state index contributed by atoms with van der Waals surface area (Å²) in [4.78, 5) is 12.3. The molecule has 0 bridgehead atoms. The van der Waals surface area contributed by atoms with Crippen molar-refractivity contribution in [3.05, 3.63) is 70.9 Å². The van der Waals surface area contributed by atoms with Crippen LogP contribution < -0.4 is 10.6 Å². The van der Waals surface area contributed by atoms with Gasteiger partial charge in [-0.1, -0.05) is 18.2 Å². The molecule has 0 unspecified atom stereocenters. The van der Waals surface area contributed by atoms with E-state index in [1.807, 2.05) is 31.2 Å². The number of nitriles is 3. The van der Waals surface area contributed by atoms with Crippen LogP contribution in [0.5, 0.6) is 0 Å². The predicted molar refractivity (Wildman–Crippen MR) is 93.1 cm³/mol. The lowest BCUT2D eigenvalue weighted by Gasteiger charge is -2.09. The van der Waals surface area contributed by atoms with E-state index in [-0.39, 0.29) is 17.2 Å². The topological polar surface area (TPSA) is 112 Å². The molecule has 0 aliphatic rings. The Hall–Kier alpha value is -4.08. The molecule has 120 valence electrons. The molecule has 0 spiro atoms. The number of hydrogen-bond donors (Lipinski definition) is 2. The number of allylic oxidation sites excluding steroid dienone is 2. The highest BCUT2D eigenvalue weighted by atomic mass is 16.1. The fourth-order valence-electron chi connectivity index (χ4n) is 2.04. The maximum Gasteiger partial charge on any atom is 0.255 e. The van der Waals surface area contributed by atoms with Crippen LogP contribution in [0.2, 0.25) is 0 Å². The first-order valence-electron chi connectivity index (χ1n) is 7.27. The number of aryl methyl sites for hydroxylation is 1. The van der Waals surface area contributed by atoms with E-state index in [2.05, 4.69) is 10.6 Å². The third kappa shape index (κ3) is 4.22. The molecule has 0 aromatic heterocycles. The second kappa shape index (κ2) is 7.97. The standard InChI is InChI=1S/C19H13N5O/c1-13-4-2-3-5-17(13)24-19(25)14-6-8-16(9-7-14)23-18(12-22)15(10-20)11-21/h2-9,23H,1H3,(H,24,25). The van der Waals surface area contributed by atoms with Crippen LogP contribution in [0.3, 0.4) is 0 Å². The molecule has 6 nitrogen and oxygen atoms in total. The summed E-state index contributed by atoms with van der Waals surface area (Å²) in [5.41, 5.74) is 2.19. The van der Waals surface area contributed by atoms with Gasteiger partial charge in [-0.05, 0) is 42.8 Å². The van der Waals surface area contributed by atoms with E-state index in [1.165, 1.54) is 0 Å². The van der Waals surface area contributed by atoms with Gasteiger partial charge < -0.3 is 10.6 Å². The summed E-state index contributed by atoms with van der Waals surface area (Å²) >= 11 is 0. The average Bonchev–Trinajstić information content (AvgIpc) is 2.64.